The fourth-order valence-electron chi connectivity index (χ4n) is 1.51. The Morgan fingerprint density at radius 2 is 2.00 bits per heavy atom. The van der Waals surface area contributed by atoms with Crippen LogP contribution >= 0.6 is 11.3 Å². The van der Waals surface area contributed by atoms with Crippen molar-refractivity contribution in [2.75, 3.05) is 5.73 Å². The first-order valence-corrected chi connectivity index (χ1v) is 6.20. The number of rotatable bonds is 3. The predicted octanol–water partition coefficient (Wildman–Crippen LogP) is 3.92. The number of nitrogen functional groups attached to an aromatic ring is 1. The number of halogens is 1. The molecule has 0 fully saturated rings. The summed E-state index contributed by atoms with van der Waals surface area (Å²) in [4.78, 5) is 0.956. The Balaban J connectivity index is 2.30. The van der Waals surface area contributed by atoms with E-state index in [1.807, 2.05) is 32.0 Å². The van der Waals surface area contributed by atoms with Gasteiger partial charge in [-0.15, -0.1) is 11.3 Å². The SMILES string of the molecule is CC(C)Oc1ccc(-c2ccc(N)s2)cc1F. The number of thiophene rings is 1. The molecule has 1 aromatic heterocycles. The highest BCUT2D eigenvalue weighted by Gasteiger charge is 2.08. The number of benzene rings is 1. The molecule has 4 heteroatoms. The topological polar surface area (TPSA) is 35.2 Å². The van der Waals surface area contributed by atoms with Gasteiger partial charge in [0.2, 0.25) is 0 Å². The van der Waals surface area contributed by atoms with Crippen LogP contribution in [0.2, 0.25) is 0 Å². The smallest absolute Gasteiger partial charge is 0.165 e. The van der Waals surface area contributed by atoms with Crippen molar-refractivity contribution in [1.29, 1.82) is 0 Å². The van der Waals surface area contributed by atoms with Crippen molar-refractivity contribution < 1.29 is 9.13 Å². The second-order valence-corrected chi connectivity index (χ2v) is 5.13. The van der Waals surface area contributed by atoms with Crippen molar-refractivity contribution in [1.82, 2.24) is 0 Å². The normalized spacial score (nSPS) is 10.8. The van der Waals surface area contributed by atoms with E-state index in [-0.39, 0.29) is 17.7 Å². The maximum absolute atomic E-state index is 13.8. The van der Waals surface area contributed by atoms with Gasteiger partial charge in [0, 0.05) is 4.88 Å². The summed E-state index contributed by atoms with van der Waals surface area (Å²) in [6, 6.07) is 8.67. The molecule has 2 rings (SSSR count). The number of nitrogens with two attached hydrogens (primary N) is 1. The Labute approximate surface area is 104 Å². The van der Waals surface area contributed by atoms with Gasteiger partial charge in [-0.05, 0) is 49.7 Å². The molecular weight excluding hydrogens is 237 g/mol. The summed E-state index contributed by atoms with van der Waals surface area (Å²) in [6.07, 6.45) is -0.0345. The molecule has 1 heterocycles. The summed E-state index contributed by atoms with van der Waals surface area (Å²) < 4.78 is 19.1. The standard InChI is InChI=1S/C13H14FNOS/c1-8(2)16-11-4-3-9(7-10(11)14)12-5-6-13(15)17-12/h3-8H,15H2,1-2H3. The van der Waals surface area contributed by atoms with Gasteiger partial charge < -0.3 is 10.5 Å². The molecule has 0 amide bonds. The summed E-state index contributed by atoms with van der Waals surface area (Å²) in [5.74, 6) is -0.0588. The molecule has 0 aliphatic heterocycles. The van der Waals surface area contributed by atoms with Crippen LogP contribution in [-0.2, 0) is 0 Å². The van der Waals surface area contributed by atoms with Gasteiger partial charge in [0.25, 0.3) is 0 Å². The van der Waals surface area contributed by atoms with Crippen molar-refractivity contribution in [3.8, 4) is 16.2 Å². The zero-order valence-corrected chi connectivity index (χ0v) is 10.6. The molecule has 0 unspecified atom stereocenters. The molecule has 0 aliphatic carbocycles. The lowest BCUT2D eigenvalue weighted by molar-refractivity contribution is 0.231. The third-order valence-electron chi connectivity index (χ3n) is 2.21. The van der Waals surface area contributed by atoms with E-state index in [4.69, 9.17) is 10.5 Å². The monoisotopic (exact) mass is 251 g/mol. The van der Waals surface area contributed by atoms with Gasteiger partial charge in [-0.3, -0.25) is 0 Å². The molecule has 90 valence electrons. The molecule has 0 atom stereocenters. The highest BCUT2D eigenvalue weighted by Crippen LogP contribution is 2.32. The minimum Gasteiger partial charge on any atom is -0.488 e. The first kappa shape index (κ1) is 11.9. The van der Waals surface area contributed by atoms with Crippen molar-refractivity contribution in [2.24, 2.45) is 0 Å². The van der Waals surface area contributed by atoms with E-state index in [0.29, 0.717) is 0 Å². The van der Waals surface area contributed by atoms with Gasteiger partial charge in [-0.25, -0.2) is 4.39 Å². The van der Waals surface area contributed by atoms with Crippen LogP contribution in [0.5, 0.6) is 5.75 Å². The maximum atomic E-state index is 13.8. The van der Waals surface area contributed by atoms with Gasteiger partial charge in [0.05, 0.1) is 11.1 Å². The molecule has 2 nitrogen and oxygen atoms in total. The van der Waals surface area contributed by atoms with Crippen LogP contribution in [0, 0.1) is 5.82 Å². The lowest BCUT2D eigenvalue weighted by Crippen LogP contribution is -2.06. The molecule has 0 spiro atoms. The summed E-state index contributed by atoms with van der Waals surface area (Å²) in [5.41, 5.74) is 6.47. The van der Waals surface area contributed by atoms with Gasteiger partial charge >= 0.3 is 0 Å². The summed E-state index contributed by atoms with van der Waals surface area (Å²) in [6.45, 7) is 3.74. The van der Waals surface area contributed by atoms with Crippen molar-refractivity contribution in [2.45, 2.75) is 20.0 Å². The Morgan fingerprint density at radius 1 is 1.24 bits per heavy atom. The van der Waals surface area contributed by atoms with Gasteiger partial charge in [0.15, 0.2) is 11.6 Å². The fraction of sp³-hybridized carbons (Fsp3) is 0.231. The third-order valence-corrected chi connectivity index (χ3v) is 3.17. The summed E-state index contributed by atoms with van der Waals surface area (Å²) in [5, 5.41) is 0.725. The lowest BCUT2D eigenvalue weighted by atomic mass is 10.2. The summed E-state index contributed by atoms with van der Waals surface area (Å²) in [7, 11) is 0. The molecule has 0 saturated heterocycles. The second-order valence-electron chi connectivity index (χ2n) is 4.01. The minimum absolute atomic E-state index is 0.0345. The summed E-state index contributed by atoms with van der Waals surface area (Å²) >= 11 is 1.44. The van der Waals surface area contributed by atoms with Crippen LogP contribution in [0.4, 0.5) is 9.39 Å². The average Bonchev–Trinajstić information content (AvgIpc) is 2.67. The molecule has 0 bridgehead atoms. The third kappa shape index (κ3) is 2.77. The zero-order chi connectivity index (χ0) is 12.4. The van der Waals surface area contributed by atoms with Crippen LogP contribution < -0.4 is 10.5 Å². The van der Waals surface area contributed by atoms with Crippen LogP contribution in [0.3, 0.4) is 0 Å². The fourth-order valence-corrected chi connectivity index (χ4v) is 2.28. The van der Waals surface area contributed by atoms with Crippen LogP contribution in [0.15, 0.2) is 30.3 Å². The molecular formula is C13H14FNOS. The minimum atomic E-state index is -0.344. The van der Waals surface area contributed by atoms with Crippen molar-refractivity contribution >= 4 is 16.3 Å². The second kappa shape index (κ2) is 4.75. The van der Waals surface area contributed by atoms with E-state index in [0.717, 1.165) is 15.4 Å². The highest BCUT2D eigenvalue weighted by atomic mass is 32.1. The van der Waals surface area contributed by atoms with E-state index in [9.17, 15) is 4.39 Å². The quantitative estimate of drug-likeness (QED) is 0.897. The predicted molar refractivity (Wildman–Crippen MR) is 69.9 cm³/mol. The lowest BCUT2D eigenvalue weighted by Gasteiger charge is -2.10. The number of hydrogen-bond acceptors (Lipinski definition) is 3. The van der Waals surface area contributed by atoms with E-state index in [1.54, 1.807) is 6.07 Å². The number of ether oxygens (including phenoxy) is 1. The first-order valence-electron chi connectivity index (χ1n) is 5.38. The number of anilines is 1. The van der Waals surface area contributed by atoms with Crippen LogP contribution in [0.25, 0.3) is 10.4 Å². The first-order chi connectivity index (χ1) is 8.06. The Kier molecular flexibility index (Phi) is 3.33. The van der Waals surface area contributed by atoms with Crippen LogP contribution in [0.1, 0.15) is 13.8 Å². The molecule has 0 saturated carbocycles. The molecule has 0 aliphatic rings. The van der Waals surface area contributed by atoms with E-state index < -0.39 is 0 Å². The molecule has 0 radical (unpaired) electrons. The highest BCUT2D eigenvalue weighted by molar-refractivity contribution is 7.19. The molecule has 17 heavy (non-hydrogen) atoms. The van der Waals surface area contributed by atoms with Crippen molar-refractivity contribution in [3.05, 3.63) is 36.1 Å². The van der Waals surface area contributed by atoms with Gasteiger partial charge in [0.1, 0.15) is 0 Å². The average molecular weight is 251 g/mol. The molecule has 2 N–H and O–H groups in total. The molecule has 2 aromatic rings. The Hall–Kier alpha value is -1.55. The number of hydrogen-bond donors (Lipinski definition) is 1. The Morgan fingerprint density at radius 3 is 2.53 bits per heavy atom. The van der Waals surface area contributed by atoms with Crippen LogP contribution in [-0.4, -0.2) is 6.10 Å². The van der Waals surface area contributed by atoms with Gasteiger partial charge in [-0.2, -0.15) is 0 Å². The largest absolute Gasteiger partial charge is 0.488 e. The zero-order valence-electron chi connectivity index (χ0n) is 9.74. The Bertz CT molecular complexity index is 522. The maximum Gasteiger partial charge on any atom is 0.165 e. The molecule has 1 aromatic carbocycles. The van der Waals surface area contributed by atoms with Crippen molar-refractivity contribution in [3.63, 3.8) is 0 Å². The van der Waals surface area contributed by atoms with E-state index >= 15 is 0 Å². The van der Waals surface area contributed by atoms with E-state index in [1.165, 1.54) is 17.4 Å². The van der Waals surface area contributed by atoms with Gasteiger partial charge in [-0.1, -0.05) is 0 Å². The van der Waals surface area contributed by atoms with E-state index in [2.05, 4.69) is 0 Å².